The van der Waals surface area contributed by atoms with Gasteiger partial charge in [-0.3, -0.25) is 0 Å². The van der Waals surface area contributed by atoms with Crippen molar-refractivity contribution in [2.45, 2.75) is 46.0 Å². The van der Waals surface area contributed by atoms with Gasteiger partial charge in [0, 0.05) is 5.41 Å². The summed E-state index contributed by atoms with van der Waals surface area (Å²) in [6, 6.07) is 22.1. The summed E-state index contributed by atoms with van der Waals surface area (Å²) >= 11 is 0. The van der Waals surface area contributed by atoms with Gasteiger partial charge in [-0.05, 0) is 40.5 Å². The van der Waals surface area contributed by atoms with Crippen LogP contribution in [0.25, 0.3) is 0 Å². The molecule has 0 fully saturated rings. The minimum atomic E-state index is -0.107. The van der Waals surface area contributed by atoms with Gasteiger partial charge in [0.1, 0.15) is 0 Å². The molecular formula is C24H28. The van der Waals surface area contributed by atoms with Crippen molar-refractivity contribution >= 4 is 0 Å². The predicted octanol–water partition coefficient (Wildman–Crippen LogP) is 6.69. The third-order valence-electron chi connectivity index (χ3n) is 5.40. The highest BCUT2D eigenvalue weighted by Gasteiger charge is 2.48. The Hall–Kier alpha value is -2.08. The molecule has 0 radical (unpaired) electrons. The van der Waals surface area contributed by atoms with Gasteiger partial charge in [-0.25, -0.2) is 0 Å². The highest BCUT2D eigenvalue weighted by molar-refractivity contribution is 5.56. The molecule has 0 spiro atoms. The highest BCUT2D eigenvalue weighted by Crippen LogP contribution is 2.55. The fourth-order valence-corrected chi connectivity index (χ4v) is 4.49. The summed E-state index contributed by atoms with van der Waals surface area (Å²) in [6.45, 7) is 9.41. The molecule has 124 valence electrons. The van der Waals surface area contributed by atoms with E-state index in [1.807, 2.05) is 0 Å². The molecule has 0 nitrogen and oxygen atoms in total. The van der Waals surface area contributed by atoms with Gasteiger partial charge in [0.15, 0.2) is 0 Å². The molecule has 0 aliphatic heterocycles. The van der Waals surface area contributed by atoms with Crippen LogP contribution in [0.4, 0.5) is 0 Å². The molecule has 0 unspecified atom stereocenters. The normalized spacial score (nSPS) is 15.2. The van der Waals surface area contributed by atoms with Crippen LogP contribution in [-0.2, 0) is 5.41 Å². The van der Waals surface area contributed by atoms with Crippen molar-refractivity contribution in [2.75, 3.05) is 0 Å². The Bertz CT molecular complexity index is 700. The molecule has 24 heavy (non-hydrogen) atoms. The lowest BCUT2D eigenvalue weighted by atomic mass is 9.54. The Morgan fingerprint density at radius 2 is 1.29 bits per heavy atom. The van der Waals surface area contributed by atoms with Crippen molar-refractivity contribution in [1.82, 2.24) is 0 Å². The van der Waals surface area contributed by atoms with Gasteiger partial charge in [0.05, 0.1) is 0 Å². The van der Waals surface area contributed by atoms with Crippen LogP contribution in [0.2, 0.25) is 0 Å². The second-order valence-electron chi connectivity index (χ2n) is 7.70. The SMILES string of the molecule is CCC1=C(C(c2ccccc2)(c2ccccc2)C(C)(C)C)CC=C1. The minimum absolute atomic E-state index is 0.0669. The van der Waals surface area contributed by atoms with E-state index in [1.165, 1.54) is 16.7 Å². The van der Waals surface area contributed by atoms with Crippen LogP contribution >= 0.6 is 0 Å². The van der Waals surface area contributed by atoms with E-state index in [1.54, 1.807) is 5.57 Å². The van der Waals surface area contributed by atoms with Gasteiger partial charge in [-0.15, -0.1) is 0 Å². The maximum atomic E-state index is 2.38. The Balaban J connectivity index is 2.40. The first kappa shape index (κ1) is 16.8. The fourth-order valence-electron chi connectivity index (χ4n) is 4.49. The van der Waals surface area contributed by atoms with E-state index in [-0.39, 0.29) is 10.8 Å². The first-order valence-corrected chi connectivity index (χ1v) is 9.02. The largest absolute Gasteiger partial charge is 0.0801 e. The molecule has 0 heterocycles. The van der Waals surface area contributed by atoms with E-state index in [9.17, 15) is 0 Å². The second kappa shape index (κ2) is 6.43. The second-order valence-corrected chi connectivity index (χ2v) is 7.70. The lowest BCUT2D eigenvalue weighted by Gasteiger charge is -2.48. The van der Waals surface area contributed by atoms with E-state index in [0.29, 0.717) is 0 Å². The van der Waals surface area contributed by atoms with Crippen LogP contribution in [0.15, 0.2) is 84.0 Å². The molecule has 0 aromatic heterocycles. The molecule has 0 amide bonds. The molecule has 0 saturated heterocycles. The van der Waals surface area contributed by atoms with Crippen molar-refractivity contribution in [3.63, 3.8) is 0 Å². The molecule has 0 N–H and O–H groups in total. The van der Waals surface area contributed by atoms with Crippen molar-refractivity contribution < 1.29 is 0 Å². The zero-order valence-electron chi connectivity index (χ0n) is 15.3. The third-order valence-corrected chi connectivity index (χ3v) is 5.40. The average Bonchev–Trinajstić information content (AvgIpc) is 3.05. The topological polar surface area (TPSA) is 0 Å². The summed E-state index contributed by atoms with van der Waals surface area (Å²) in [5.41, 5.74) is 5.82. The predicted molar refractivity (Wildman–Crippen MR) is 104 cm³/mol. The van der Waals surface area contributed by atoms with Crippen molar-refractivity contribution in [2.24, 2.45) is 5.41 Å². The van der Waals surface area contributed by atoms with E-state index >= 15 is 0 Å². The quantitative estimate of drug-likeness (QED) is 0.589. The maximum absolute atomic E-state index is 2.38. The fraction of sp³-hybridized carbons (Fsp3) is 0.333. The Kier molecular flexibility index (Phi) is 4.49. The number of rotatable bonds is 4. The number of hydrogen-bond acceptors (Lipinski definition) is 0. The molecule has 1 aliphatic carbocycles. The zero-order chi connectivity index (χ0) is 17.2. The lowest BCUT2D eigenvalue weighted by Crippen LogP contribution is -2.43. The summed E-state index contributed by atoms with van der Waals surface area (Å²) in [7, 11) is 0. The van der Waals surface area contributed by atoms with Gasteiger partial charge in [0.2, 0.25) is 0 Å². The molecule has 1 aliphatic rings. The van der Waals surface area contributed by atoms with Crippen LogP contribution in [0, 0.1) is 5.41 Å². The van der Waals surface area contributed by atoms with E-state index < -0.39 is 0 Å². The molecular weight excluding hydrogens is 288 g/mol. The van der Waals surface area contributed by atoms with Gasteiger partial charge in [-0.2, -0.15) is 0 Å². The molecule has 2 aromatic rings. The van der Waals surface area contributed by atoms with Crippen LogP contribution in [0.1, 0.15) is 51.7 Å². The Morgan fingerprint density at radius 1 is 0.792 bits per heavy atom. The summed E-state index contributed by atoms with van der Waals surface area (Å²) in [6.07, 6.45) is 6.80. The summed E-state index contributed by atoms with van der Waals surface area (Å²) < 4.78 is 0. The maximum Gasteiger partial charge on any atom is 0.0468 e. The number of allylic oxidation sites excluding steroid dienone is 4. The minimum Gasteiger partial charge on any atom is -0.0801 e. The molecule has 0 heteroatoms. The van der Waals surface area contributed by atoms with Crippen LogP contribution in [-0.4, -0.2) is 0 Å². The lowest BCUT2D eigenvalue weighted by molar-refractivity contribution is 0.263. The first-order chi connectivity index (χ1) is 11.5. The average molecular weight is 316 g/mol. The number of hydrogen-bond donors (Lipinski definition) is 0. The van der Waals surface area contributed by atoms with Crippen LogP contribution in [0.5, 0.6) is 0 Å². The van der Waals surface area contributed by atoms with E-state index in [2.05, 4.69) is 101 Å². The van der Waals surface area contributed by atoms with Crippen molar-refractivity contribution in [1.29, 1.82) is 0 Å². The first-order valence-electron chi connectivity index (χ1n) is 9.02. The van der Waals surface area contributed by atoms with Crippen molar-refractivity contribution in [3.05, 3.63) is 95.1 Å². The Morgan fingerprint density at radius 3 is 1.71 bits per heavy atom. The molecule has 0 atom stereocenters. The summed E-state index contributed by atoms with van der Waals surface area (Å²) in [4.78, 5) is 0. The van der Waals surface area contributed by atoms with Gasteiger partial charge in [0.25, 0.3) is 0 Å². The highest BCUT2D eigenvalue weighted by atomic mass is 14.5. The molecule has 2 aromatic carbocycles. The standard InChI is InChI=1S/C24H28/c1-5-19-13-12-18-22(19)24(23(2,3)4,20-14-8-6-9-15-20)21-16-10-7-11-17-21/h6-17H,5,18H2,1-4H3. The molecule has 0 bridgehead atoms. The summed E-state index contributed by atoms with van der Waals surface area (Å²) in [5, 5.41) is 0. The van der Waals surface area contributed by atoms with Gasteiger partial charge in [-0.1, -0.05) is 101 Å². The zero-order valence-corrected chi connectivity index (χ0v) is 15.3. The Labute approximate surface area is 146 Å². The van der Waals surface area contributed by atoms with E-state index in [0.717, 1.165) is 12.8 Å². The monoisotopic (exact) mass is 316 g/mol. The summed E-state index contributed by atoms with van der Waals surface area (Å²) in [5.74, 6) is 0. The third kappa shape index (κ3) is 2.55. The van der Waals surface area contributed by atoms with Crippen molar-refractivity contribution in [3.8, 4) is 0 Å². The van der Waals surface area contributed by atoms with Crippen LogP contribution in [0.3, 0.4) is 0 Å². The number of benzene rings is 2. The molecule has 0 saturated carbocycles. The van der Waals surface area contributed by atoms with Crippen LogP contribution < -0.4 is 0 Å². The van der Waals surface area contributed by atoms with Gasteiger partial charge < -0.3 is 0 Å². The van der Waals surface area contributed by atoms with Gasteiger partial charge >= 0.3 is 0 Å². The smallest absolute Gasteiger partial charge is 0.0468 e. The molecule has 3 rings (SSSR count). The van der Waals surface area contributed by atoms with E-state index in [4.69, 9.17) is 0 Å².